The number of hydrogen-bond donors (Lipinski definition) is 2. The first-order chi connectivity index (χ1) is 21.9. The maximum atomic E-state index is 12.5. The van der Waals surface area contributed by atoms with Crippen molar-refractivity contribution < 1.29 is 13.0 Å². The second-order valence-corrected chi connectivity index (χ2v) is 15.5. The minimum absolute atomic E-state index is 0.152. The standard InChI is InChI=1S/C28H44O3S.C12H23N/c1-3-5-7-9-11-13-15-19-24-23-25-20-17-18-22-27(25)28(32(29,30)31)26(24)21-16-14-12-10-8-6-4-2;1-3-7-11(8-4-1)13-12-9-5-2-6-10-12/h17-18,20,22-23H,3-16,19,21H2,1-2H3,(H,29,30,31);11-13H,1-10H2. The van der Waals surface area contributed by atoms with E-state index in [4.69, 9.17) is 0 Å². The molecule has 5 heteroatoms. The Labute approximate surface area is 277 Å². The maximum absolute atomic E-state index is 12.5. The molecule has 0 saturated heterocycles. The van der Waals surface area contributed by atoms with Crippen LogP contribution < -0.4 is 5.32 Å². The van der Waals surface area contributed by atoms with Gasteiger partial charge in [0.15, 0.2) is 0 Å². The summed E-state index contributed by atoms with van der Waals surface area (Å²) in [5.74, 6) is 0. The summed E-state index contributed by atoms with van der Waals surface area (Å²) in [6, 6.07) is 11.5. The molecule has 2 aromatic rings. The van der Waals surface area contributed by atoms with Crippen LogP contribution in [0.15, 0.2) is 35.2 Å². The van der Waals surface area contributed by atoms with E-state index >= 15 is 0 Å². The molecule has 0 aromatic heterocycles. The van der Waals surface area contributed by atoms with Crippen molar-refractivity contribution in [3.05, 3.63) is 41.5 Å². The Balaban J connectivity index is 0.000000350. The number of unbranched alkanes of at least 4 members (excludes halogenated alkanes) is 12. The van der Waals surface area contributed by atoms with Crippen LogP contribution in [0.1, 0.15) is 179 Å². The van der Waals surface area contributed by atoms with Gasteiger partial charge < -0.3 is 5.32 Å². The highest BCUT2D eigenvalue weighted by molar-refractivity contribution is 7.86. The van der Waals surface area contributed by atoms with Crippen molar-refractivity contribution in [1.82, 2.24) is 5.32 Å². The summed E-state index contributed by atoms with van der Waals surface area (Å²) in [6.45, 7) is 4.46. The van der Waals surface area contributed by atoms with Crippen molar-refractivity contribution in [3.63, 3.8) is 0 Å². The molecule has 0 heterocycles. The van der Waals surface area contributed by atoms with E-state index in [2.05, 4.69) is 25.2 Å². The van der Waals surface area contributed by atoms with Crippen LogP contribution in [0.3, 0.4) is 0 Å². The minimum Gasteiger partial charge on any atom is -0.311 e. The van der Waals surface area contributed by atoms with E-state index in [9.17, 15) is 13.0 Å². The van der Waals surface area contributed by atoms with Crippen LogP contribution in [0.4, 0.5) is 0 Å². The summed E-state index contributed by atoms with van der Waals surface area (Å²) in [5.41, 5.74) is 1.96. The second-order valence-electron chi connectivity index (χ2n) is 14.1. The fourth-order valence-corrected chi connectivity index (χ4v) is 8.62. The second kappa shape index (κ2) is 22.2. The zero-order valence-electron chi connectivity index (χ0n) is 29.1. The first kappa shape index (κ1) is 38.0. The van der Waals surface area contributed by atoms with Crippen molar-refractivity contribution in [2.45, 2.75) is 198 Å². The Hall–Kier alpha value is -1.43. The quantitative estimate of drug-likeness (QED) is 0.118. The van der Waals surface area contributed by atoms with Crippen molar-refractivity contribution >= 4 is 20.9 Å². The van der Waals surface area contributed by atoms with Crippen molar-refractivity contribution in [2.24, 2.45) is 0 Å². The lowest BCUT2D eigenvalue weighted by atomic mass is 9.91. The van der Waals surface area contributed by atoms with Gasteiger partial charge in [0.1, 0.15) is 4.90 Å². The molecule has 2 aromatic carbocycles. The molecule has 0 atom stereocenters. The predicted molar refractivity (Wildman–Crippen MR) is 194 cm³/mol. The van der Waals surface area contributed by atoms with E-state index in [0.29, 0.717) is 5.39 Å². The summed E-state index contributed by atoms with van der Waals surface area (Å²) < 4.78 is 35.1. The van der Waals surface area contributed by atoms with Gasteiger partial charge in [0.2, 0.25) is 0 Å². The van der Waals surface area contributed by atoms with Crippen LogP contribution in [0.2, 0.25) is 0 Å². The van der Waals surface area contributed by atoms with Crippen molar-refractivity contribution in [1.29, 1.82) is 0 Å². The molecule has 45 heavy (non-hydrogen) atoms. The first-order valence-corrected chi connectivity index (χ1v) is 20.6. The molecule has 256 valence electrons. The van der Waals surface area contributed by atoms with Crippen LogP contribution in [0.5, 0.6) is 0 Å². The molecule has 2 fully saturated rings. The van der Waals surface area contributed by atoms with Crippen LogP contribution in [-0.2, 0) is 23.0 Å². The molecule has 0 spiro atoms. The molecule has 0 radical (unpaired) electrons. The van der Waals surface area contributed by atoms with E-state index in [-0.39, 0.29) is 4.90 Å². The molecule has 0 bridgehead atoms. The van der Waals surface area contributed by atoms with Gasteiger partial charge in [0.05, 0.1) is 0 Å². The summed E-state index contributed by atoms with van der Waals surface area (Å²) in [7, 11) is -4.28. The van der Waals surface area contributed by atoms with Gasteiger partial charge in [-0.05, 0) is 67.9 Å². The molecule has 0 aliphatic heterocycles. The first-order valence-electron chi connectivity index (χ1n) is 19.2. The highest BCUT2D eigenvalue weighted by Gasteiger charge is 2.22. The Morgan fingerprint density at radius 3 is 1.62 bits per heavy atom. The highest BCUT2D eigenvalue weighted by Crippen LogP contribution is 2.32. The molecule has 0 unspecified atom stereocenters. The van der Waals surface area contributed by atoms with Crippen LogP contribution in [-0.4, -0.2) is 25.1 Å². The SMILES string of the molecule is C1CCC(NC2CCCCC2)CC1.CCCCCCCCCc1cc2ccccc2c(S(=O)(=O)O)c1CCCCCCCCC. The van der Waals surface area contributed by atoms with Gasteiger partial charge in [-0.2, -0.15) is 8.42 Å². The summed E-state index contributed by atoms with van der Waals surface area (Å²) >= 11 is 0. The molecular formula is C40H67NO3S. The Bertz CT molecular complexity index is 1150. The van der Waals surface area contributed by atoms with Crippen LogP contribution in [0, 0.1) is 0 Å². The number of fused-ring (bicyclic) bond motifs is 1. The lowest BCUT2D eigenvalue weighted by Crippen LogP contribution is -2.40. The monoisotopic (exact) mass is 641 g/mol. The Kier molecular flexibility index (Phi) is 18.8. The molecule has 2 N–H and O–H groups in total. The number of benzene rings is 2. The van der Waals surface area contributed by atoms with Gasteiger partial charge in [-0.1, -0.05) is 160 Å². The number of rotatable bonds is 19. The fourth-order valence-electron chi connectivity index (χ4n) is 7.61. The summed E-state index contributed by atoms with van der Waals surface area (Å²) in [5, 5.41) is 5.41. The smallest absolute Gasteiger partial charge is 0.295 e. The minimum atomic E-state index is -4.28. The lowest BCUT2D eigenvalue weighted by molar-refractivity contribution is 0.291. The fraction of sp³-hybridized carbons (Fsp3) is 0.750. The molecule has 0 amide bonds. The highest BCUT2D eigenvalue weighted by atomic mass is 32.2. The van der Waals surface area contributed by atoms with Gasteiger partial charge in [0.25, 0.3) is 10.1 Å². The van der Waals surface area contributed by atoms with Crippen LogP contribution >= 0.6 is 0 Å². The van der Waals surface area contributed by atoms with Crippen LogP contribution in [0.25, 0.3) is 10.8 Å². The number of nitrogens with one attached hydrogen (secondary N) is 1. The number of aryl methyl sites for hydroxylation is 1. The van der Waals surface area contributed by atoms with E-state index in [1.165, 1.54) is 135 Å². The van der Waals surface area contributed by atoms with Gasteiger partial charge >= 0.3 is 0 Å². The van der Waals surface area contributed by atoms with E-state index < -0.39 is 10.1 Å². The Morgan fingerprint density at radius 2 is 1.11 bits per heavy atom. The molecule has 2 aliphatic rings. The summed E-state index contributed by atoms with van der Waals surface area (Å²) in [4.78, 5) is 0.152. The largest absolute Gasteiger partial charge is 0.311 e. The predicted octanol–water partition coefficient (Wildman–Crippen LogP) is 11.9. The number of hydrogen-bond acceptors (Lipinski definition) is 3. The van der Waals surface area contributed by atoms with Crippen molar-refractivity contribution in [2.75, 3.05) is 0 Å². The van der Waals surface area contributed by atoms with Gasteiger partial charge in [-0.25, -0.2) is 0 Å². The lowest BCUT2D eigenvalue weighted by Gasteiger charge is -2.30. The van der Waals surface area contributed by atoms with Gasteiger partial charge in [0, 0.05) is 17.5 Å². The molecule has 4 nitrogen and oxygen atoms in total. The zero-order valence-corrected chi connectivity index (χ0v) is 29.9. The molecule has 2 saturated carbocycles. The average molecular weight is 642 g/mol. The zero-order chi connectivity index (χ0) is 32.2. The maximum Gasteiger partial charge on any atom is 0.295 e. The van der Waals surface area contributed by atoms with Gasteiger partial charge in [-0.3, -0.25) is 4.55 Å². The Morgan fingerprint density at radius 1 is 0.644 bits per heavy atom. The topological polar surface area (TPSA) is 66.4 Å². The third kappa shape index (κ3) is 14.5. The van der Waals surface area contributed by atoms with Gasteiger partial charge in [-0.15, -0.1) is 0 Å². The average Bonchev–Trinajstić information content (AvgIpc) is 3.04. The third-order valence-corrected chi connectivity index (χ3v) is 11.2. The third-order valence-electron chi connectivity index (χ3n) is 10.2. The van der Waals surface area contributed by atoms with Crippen molar-refractivity contribution in [3.8, 4) is 0 Å². The summed E-state index contributed by atoms with van der Waals surface area (Å²) in [6.07, 6.45) is 33.2. The molecule has 2 aliphatic carbocycles. The van der Waals surface area contributed by atoms with E-state index in [1.807, 2.05) is 24.3 Å². The van der Waals surface area contributed by atoms with E-state index in [1.54, 1.807) is 0 Å². The van der Waals surface area contributed by atoms with E-state index in [0.717, 1.165) is 60.7 Å². The normalized spacial score (nSPS) is 16.5. The molecular weight excluding hydrogens is 575 g/mol. The molecule has 4 rings (SSSR count).